The van der Waals surface area contributed by atoms with Gasteiger partial charge in [0.25, 0.3) is 11.5 Å². The molecule has 0 atom stereocenters. The van der Waals surface area contributed by atoms with E-state index in [4.69, 9.17) is 4.74 Å². The van der Waals surface area contributed by atoms with Gasteiger partial charge in [0.05, 0.1) is 35.2 Å². The van der Waals surface area contributed by atoms with Crippen LogP contribution in [-0.2, 0) is 11.3 Å². The Bertz CT molecular complexity index is 1470. The Morgan fingerprint density at radius 1 is 1.08 bits per heavy atom. The van der Waals surface area contributed by atoms with Crippen molar-refractivity contribution >= 4 is 27.7 Å². The number of piperazine rings is 1. The molecule has 4 aromatic rings. The van der Waals surface area contributed by atoms with Gasteiger partial charge in [-0.05, 0) is 43.5 Å². The van der Waals surface area contributed by atoms with Crippen LogP contribution >= 0.6 is 0 Å². The van der Waals surface area contributed by atoms with E-state index in [1.807, 2.05) is 34.7 Å². The first-order valence-corrected chi connectivity index (χ1v) is 12.5. The molecule has 10 heteroatoms. The SMILES string of the molecule is Cc1cc2[nH]c(=O)c3cnn(C4CCOCC4)c3c2cc1C(=O)N1CCN(Cc2ncccn2)CC1. The molecule has 0 bridgehead atoms. The number of rotatable bonds is 4. The van der Waals surface area contributed by atoms with E-state index in [0.717, 1.165) is 53.7 Å². The third-order valence-electron chi connectivity index (χ3n) is 7.32. The van der Waals surface area contributed by atoms with Crippen molar-refractivity contribution in [3.8, 4) is 0 Å². The minimum atomic E-state index is -0.159. The molecule has 2 saturated heterocycles. The third kappa shape index (κ3) is 4.16. The van der Waals surface area contributed by atoms with Crippen LogP contribution in [0, 0.1) is 6.92 Å². The molecular weight excluding hydrogens is 458 g/mol. The number of amides is 1. The molecule has 36 heavy (non-hydrogen) atoms. The molecular formula is C26H29N7O3. The van der Waals surface area contributed by atoms with Gasteiger partial charge < -0.3 is 14.6 Å². The van der Waals surface area contributed by atoms with Crippen LogP contribution in [0.1, 0.15) is 40.6 Å². The van der Waals surface area contributed by atoms with Crippen LogP contribution in [0.15, 0.2) is 41.6 Å². The normalized spacial score (nSPS) is 17.8. The number of hydrogen-bond donors (Lipinski definition) is 1. The van der Waals surface area contributed by atoms with Crippen molar-refractivity contribution in [3.05, 3.63) is 64.1 Å². The van der Waals surface area contributed by atoms with Gasteiger partial charge in [-0.25, -0.2) is 9.97 Å². The summed E-state index contributed by atoms with van der Waals surface area (Å²) in [5.41, 5.74) is 2.87. The van der Waals surface area contributed by atoms with E-state index >= 15 is 0 Å². The molecule has 1 amide bonds. The molecule has 6 rings (SSSR count). The summed E-state index contributed by atoms with van der Waals surface area (Å²) >= 11 is 0. The van der Waals surface area contributed by atoms with E-state index in [1.54, 1.807) is 18.6 Å². The lowest BCUT2D eigenvalue weighted by Gasteiger charge is -2.34. The molecule has 0 unspecified atom stereocenters. The second kappa shape index (κ2) is 9.44. The van der Waals surface area contributed by atoms with E-state index in [1.165, 1.54) is 0 Å². The summed E-state index contributed by atoms with van der Waals surface area (Å²) in [5, 5.41) is 5.99. The molecule has 10 nitrogen and oxygen atoms in total. The number of nitrogens with one attached hydrogen (secondary N) is 1. The quantitative estimate of drug-likeness (QED) is 0.470. The number of aryl methyl sites for hydroxylation is 1. The van der Waals surface area contributed by atoms with Crippen LogP contribution in [0.4, 0.5) is 0 Å². The van der Waals surface area contributed by atoms with Crippen molar-refractivity contribution in [3.63, 3.8) is 0 Å². The van der Waals surface area contributed by atoms with Crippen LogP contribution in [0.2, 0.25) is 0 Å². The zero-order chi connectivity index (χ0) is 24.6. The predicted octanol–water partition coefficient (Wildman–Crippen LogP) is 2.29. The van der Waals surface area contributed by atoms with E-state index in [2.05, 4.69) is 25.0 Å². The lowest BCUT2D eigenvalue weighted by atomic mass is 10.0. The maximum Gasteiger partial charge on any atom is 0.259 e. The molecule has 1 aromatic carbocycles. The number of H-pyrrole nitrogens is 1. The summed E-state index contributed by atoms with van der Waals surface area (Å²) in [4.78, 5) is 42.2. The van der Waals surface area contributed by atoms with E-state index in [9.17, 15) is 9.59 Å². The molecule has 2 aliphatic heterocycles. The van der Waals surface area contributed by atoms with Crippen molar-refractivity contribution in [2.24, 2.45) is 0 Å². The number of carbonyl (C=O) groups is 1. The minimum Gasteiger partial charge on any atom is -0.381 e. The van der Waals surface area contributed by atoms with Crippen molar-refractivity contribution in [1.29, 1.82) is 0 Å². The second-order valence-corrected chi connectivity index (χ2v) is 9.60. The molecule has 5 heterocycles. The predicted molar refractivity (Wildman–Crippen MR) is 135 cm³/mol. The summed E-state index contributed by atoms with van der Waals surface area (Å²) in [6, 6.07) is 5.83. The van der Waals surface area contributed by atoms with Crippen LogP contribution in [0.5, 0.6) is 0 Å². The Kier molecular flexibility index (Phi) is 5.98. The van der Waals surface area contributed by atoms with Crippen molar-refractivity contribution < 1.29 is 9.53 Å². The number of ether oxygens (including phenoxy) is 1. The third-order valence-corrected chi connectivity index (χ3v) is 7.32. The van der Waals surface area contributed by atoms with Crippen molar-refractivity contribution in [1.82, 2.24) is 34.5 Å². The summed E-state index contributed by atoms with van der Waals surface area (Å²) in [6.45, 7) is 6.79. The average Bonchev–Trinajstić information content (AvgIpc) is 3.36. The first-order valence-electron chi connectivity index (χ1n) is 12.5. The Labute approximate surface area is 207 Å². The summed E-state index contributed by atoms with van der Waals surface area (Å²) in [6.07, 6.45) is 6.84. The minimum absolute atomic E-state index is 0.0153. The number of aromatic nitrogens is 5. The molecule has 2 fully saturated rings. The molecule has 0 aliphatic carbocycles. The van der Waals surface area contributed by atoms with Gasteiger partial charge in [0.1, 0.15) is 5.82 Å². The first kappa shape index (κ1) is 22.8. The van der Waals surface area contributed by atoms with Gasteiger partial charge in [-0.2, -0.15) is 5.10 Å². The highest BCUT2D eigenvalue weighted by Gasteiger charge is 2.26. The topological polar surface area (TPSA) is 109 Å². The number of nitrogens with zero attached hydrogens (tertiary/aromatic N) is 6. The number of fused-ring (bicyclic) bond motifs is 3. The van der Waals surface area contributed by atoms with Crippen molar-refractivity contribution in [2.75, 3.05) is 39.4 Å². The van der Waals surface area contributed by atoms with Gasteiger partial charge in [-0.1, -0.05) is 0 Å². The Morgan fingerprint density at radius 3 is 2.58 bits per heavy atom. The van der Waals surface area contributed by atoms with Gasteiger partial charge in [0, 0.05) is 62.7 Å². The van der Waals surface area contributed by atoms with Gasteiger partial charge in [0.15, 0.2) is 0 Å². The molecule has 0 radical (unpaired) electrons. The number of hydrogen-bond acceptors (Lipinski definition) is 7. The average molecular weight is 488 g/mol. The second-order valence-electron chi connectivity index (χ2n) is 9.60. The van der Waals surface area contributed by atoms with Gasteiger partial charge in [0.2, 0.25) is 0 Å². The zero-order valence-electron chi connectivity index (χ0n) is 20.3. The maximum atomic E-state index is 13.6. The molecule has 0 spiro atoms. The Balaban J connectivity index is 1.30. The van der Waals surface area contributed by atoms with Crippen LogP contribution in [0.3, 0.4) is 0 Å². The maximum absolute atomic E-state index is 13.6. The standard InChI is InChI=1S/C26H29N7O3/c1-17-13-22-20(24-21(25(34)30-22)15-29-33(24)18-3-11-36-12-4-18)14-19(17)26(35)32-9-7-31(8-10-32)16-23-27-5-2-6-28-23/h2,5-6,13-15,18H,3-4,7-12,16H2,1H3,(H,30,34). The Hall–Kier alpha value is -3.63. The fourth-order valence-corrected chi connectivity index (χ4v) is 5.32. The highest BCUT2D eigenvalue weighted by atomic mass is 16.5. The smallest absolute Gasteiger partial charge is 0.259 e. The number of benzene rings is 1. The largest absolute Gasteiger partial charge is 0.381 e. The first-order chi connectivity index (χ1) is 17.6. The monoisotopic (exact) mass is 487 g/mol. The van der Waals surface area contributed by atoms with Crippen molar-refractivity contribution in [2.45, 2.75) is 32.4 Å². The zero-order valence-corrected chi connectivity index (χ0v) is 20.3. The number of carbonyl (C=O) groups excluding carboxylic acids is 1. The van der Waals surface area contributed by atoms with E-state index < -0.39 is 0 Å². The van der Waals surface area contributed by atoms with E-state index in [-0.39, 0.29) is 17.5 Å². The number of aromatic amines is 1. The molecule has 186 valence electrons. The summed E-state index contributed by atoms with van der Waals surface area (Å²) in [7, 11) is 0. The lowest BCUT2D eigenvalue weighted by Crippen LogP contribution is -2.48. The van der Waals surface area contributed by atoms with Gasteiger partial charge >= 0.3 is 0 Å². The molecule has 3 aromatic heterocycles. The van der Waals surface area contributed by atoms with Crippen LogP contribution in [0.25, 0.3) is 21.8 Å². The van der Waals surface area contributed by atoms with E-state index in [0.29, 0.717) is 43.8 Å². The lowest BCUT2D eigenvalue weighted by molar-refractivity contribution is 0.0625. The molecule has 1 N–H and O–H groups in total. The highest BCUT2D eigenvalue weighted by Crippen LogP contribution is 2.30. The fraction of sp³-hybridized carbons (Fsp3) is 0.423. The Morgan fingerprint density at radius 2 is 1.83 bits per heavy atom. The van der Waals surface area contributed by atoms with Gasteiger partial charge in [-0.15, -0.1) is 0 Å². The highest BCUT2D eigenvalue weighted by molar-refractivity contribution is 6.07. The summed E-state index contributed by atoms with van der Waals surface area (Å²) in [5.74, 6) is 0.809. The van der Waals surface area contributed by atoms with Crippen LogP contribution in [-0.4, -0.2) is 79.8 Å². The molecule has 0 saturated carbocycles. The molecule has 2 aliphatic rings. The van der Waals surface area contributed by atoms with Gasteiger partial charge in [-0.3, -0.25) is 19.2 Å². The van der Waals surface area contributed by atoms with Crippen LogP contribution < -0.4 is 5.56 Å². The summed E-state index contributed by atoms with van der Waals surface area (Å²) < 4.78 is 7.49. The number of pyridine rings is 1. The fourth-order valence-electron chi connectivity index (χ4n) is 5.32.